The van der Waals surface area contributed by atoms with Gasteiger partial charge < -0.3 is 9.64 Å². The minimum absolute atomic E-state index is 0.00965. The Bertz CT molecular complexity index is 488. The monoisotopic (exact) mass is 347 g/mol. The number of hydrogen-bond donors (Lipinski definition) is 0. The summed E-state index contributed by atoms with van der Waals surface area (Å²) in [7, 11) is 0. The van der Waals surface area contributed by atoms with Crippen LogP contribution in [0.1, 0.15) is 31.8 Å². The highest BCUT2D eigenvalue weighted by molar-refractivity contribution is 9.10. The molecule has 1 aliphatic rings. The molecule has 2 rings (SSSR count). The summed E-state index contributed by atoms with van der Waals surface area (Å²) in [6, 6.07) is 4.61. The van der Waals surface area contributed by atoms with Crippen molar-refractivity contribution in [3.05, 3.63) is 28.2 Å². The molecular formula is C14H16BrF2NO2. The van der Waals surface area contributed by atoms with Gasteiger partial charge in [-0.15, -0.1) is 0 Å². The molecule has 1 aromatic rings. The van der Waals surface area contributed by atoms with Crippen LogP contribution < -0.4 is 4.90 Å². The Hall–Kier alpha value is -1.17. The van der Waals surface area contributed by atoms with E-state index in [4.69, 9.17) is 4.74 Å². The Morgan fingerprint density at radius 1 is 1.40 bits per heavy atom. The number of alkyl halides is 2. The molecule has 110 valence electrons. The lowest BCUT2D eigenvalue weighted by molar-refractivity contribution is -0.147. The van der Waals surface area contributed by atoms with Gasteiger partial charge in [0, 0.05) is 42.9 Å². The molecule has 0 amide bonds. The first-order valence-corrected chi connectivity index (χ1v) is 7.26. The van der Waals surface area contributed by atoms with E-state index in [2.05, 4.69) is 20.8 Å². The van der Waals surface area contributed by atoms with E-state index in [-0.39, 0.29) is 17.6 Å². The SMILES string of the molecule is CC(=O)OC1CCN(c2ccc(C(F)F)cc2Br)CC1. The van der Waals surface area contributed by atoms with Crippen LogP contribution in [0.15, 0.2) is 22.7 Å². The van der Waals surface area contributed by atoms with Crippen molar-refractivity contribution in [3.8, 4) is 0 Å². The van der Waals surface area contributed by atoms with E-state index in [0.717, 1.165) is 31.6 Å². The Labute approximate surface area is 125 Å². The van der Waals surface area contributed by atoms with E-state index in [1.54, 1.807) is 6.07 Å². The van der Waals surface area contributed by atoms with Gasteiger partial charge in [-0.2, -0.15) is 0 Å². The van der Waals surface area contributed by atoms with E-state index in [0.29, 0.717) is 4.47 Å². The van der Waals surface area contributed by atoms with Gasteiger partial charge in [-0.25, -0.2) is 8.78 Å². The number of anilines is 1. The lowest BCUT2D eigenvalue weighted by Crippen LogP contribution is -2.37. The van der Waals surface area contributed by atoms with Crippen LogP contribution in [0.25, 0.3) is 0 Å². The molecule has 0 atom stereocenters. The van der Waals surface area contributed by atoms with Gasteiger partial charge in [0.25, 0.3) is 6.43 Å². The third-order valence-corrected chi connectivity index (χ3v) is 3.97. The van der Waals surface area contributed by atoms with Gasteiger partial charge in [0.1, 0.15) is 6.10 Å². The Morgan fingerprint density at radius 2 is 2.05 bits per heavy atom. The van der Waals surface area contributed by atoms with Crippen LogP contribution in [0.5, 0.6) is 0 Å². The average Bonchev–Trinajstić information content (AvgIpc) is 2.39. The minimum atomic E-state index is -2.46. The van der Waals surface area contributed by atoms with E-state index < -0.39 is 6.43 Å². The summed E-state index contributed by atoms with van der Waals surface area (Å²) in [5, 5.41) is 0. The van der Waals surface area contributed by atoms with Gasteiger partial charge >= 0.3 is 5.97 Å². The maximum atomic E-state index is 12.6. The van der Waals surface area contributed by atoms with Crippen molar-refractivity contribution in [3.63, 3.8) is 0 Å². The van der Waals surface area contributed by atoms with Crippen molar-refractivity contribution in [1.29, 1.82) is 0 Å². The maximum Gasteiger partial charge on any atom is 0.302 e. The third-order valence-electron chi connectivity index (χ3n) is 3.34. The fraction of sp³-hybridized carbons (Fsp3) is 0.500. The van der Waals surface area contributed by atoms with E-state index in [9.17, 15) is 13.6 Å². The molecule has 3 nitrogen and oxygen atoms in total. The molecule has 0 bridgehead atoms. The zero-order chi connectivity index (χ0) is 14.7. The summed E-state index contributed by atoms with van der Waals surface area (Å²) < 4.78 is 31.1. The predicted octanol–water partition coefficient (Wildman–Crippen LogP) is 3.92. The molecule has 0 N–H and O–H groups in total. The number of carbonyl (C=O) groups excluding carboxylic acids is 1. The van der Waals surface area contributed by atoms with Crippen LogP contribution in [0, 0.1) is 0 Å². The average molecular weight is 348 g/mol. The highest BCUT2D eigenvalue weighted by atomic mass is 79.9. The standard InChI is InChI=1S/C14H16BrF2NO2/c1-9(19)20-11-4-6-18(7-5-11)13-3-2-10(14(16)17)8-12(13)15/h2-3,8,11,14H,4-7H2,1H3. The molecule has 6 heteroatoms. The van der Waals surface area contributed by atoms with Crippen molar-refractivity contribution < 1.29 is 18.3 Å². The molecular weight excluding hydrogens is 332 g/mol. The van der Waals surface area contributed by atoms with Crippen LogP contribution in [-0.4, -0.2) is 25.2 Å². The van der Waals surface area contributed by atoms with Gasteiger partial charge in [-0.05, 0) is 28.1 Å². The van der Waals surface area contributed by atoms with Crippen molar-refractivity contribution in [2.75, 3.05) is 18.0 Å². The second-order valence-corrected chi connectivity index (χ2v) is 5.66. The first-order valence-electron chi connectivity index (χ1n) is 6.47. The molecule has 0 unspecified atom stereocenters. The molecule has 1 aromatic carbocycles. The fourth-order valence-electron chi connectivity index (χ4n) is 2.36. The number of ether oxygens (including phenoxy) is 1. The molecule has 20 heavy (non-hydrogen) atoms. The normalized spacial score (nSPS) is 16.6. The molecule has 0 spiro atoms. The fourth-order valence-corrected chi connectivity index (χ4v) is 3.01. The number of hydrogen-bond acceptors (Lipinski definition) is 3. The zero-order valence-electron chi connectivity index (χ0n) is 11.1. The number of halogens is 3. The predicted molar refractivity (Wildman–Crippen MR) is 76.1 cm³/mol. The minimum Gasteiger partial charge on any atom is -0.462 e. The third kappa shape index (κ3) is 3.69. The number of esters is 1. The Morgan fingerprint density at radius 3 is 2.55 bits per heavy atom. The smallest absolute Gasteiger partial charge is 0.302 e. The summed E-state index contributed by atoms with van der Waals surface area (Å²) in [6.45, 7) is 2.89. The summed E-state index contributed by atoms with van der Waals surface area (Å²) in [6.07, 6.45) is -0.997. The number of nitrogens with zero attached hydrogens (tertiary/aromatic N) is 1. The van der Waals surface area contributed by atoms with Crippen molar-refractivity contribution in [2.24, 2.45) is 0 Å². The molecule has 1 saturated heterocycles. The van der Waals surface area contributed by atoms with Crippen LogP contribution in [0.3, 0.4) is 0 Å². The number of piperidine rings is 1. The van der Waals surface area contributed by atoms with Gasteiger partial charge in [0.2, 0.25) is 0 Å². The van der Waals surface area contributed by atoms with Crippen LogP contribution in [-0.2, 0) is 9.53 Å². The molecule has 1 fully saturated rings. The van der Waals surface area contributed by atoms with Gasteiger partial charge in [0.05, 0.1) is 5.69 Å². The quantitative estimate of drug-likeness (QED) is 0.776. The van der Waals surface area contributed by atoms with Crippen molar-refractivity contribution >= 4 is 27.6 Å². The number of rotatable bonds is 3. The topological polar surface area (TPSA) is 29.5 Å². The molecule has 1 aliphatic heterocycles. The number of carbonyl (C=O) groups is 1. The lowest BCUT2D eigenvalue weighted by Gasteiger charge is -2.33. The van der Waals surface area contributed by atoms with Gasteiger partial charge in [0.15, 0.2) is 0 Å². The maximum absolute atomic E-state index is 12.6. The lowest BCUT2D eigenvalue weighted by atomic mass is 10.1. The summed E-state index contributed by atoms with van der Waals surface area (Å²) in [5.41, 5.74) is 0.908. The summed E-state index contributed by atoms with van der Waals surface area (Å²) in [4.78, 5) is 13.0. The summed E-state index contributed by atoms with van der Waals surface area (Å²) in [5.74, 6) is -0.258. The molecule has 0 saturated carbocycles. The highest BCUT2D eigenvalue weighted by Crippen LogP contribution is 2.32. The van der Waals surface area contributed by atoms with Gasteiger partial charge in [-0.1, -0.05) is 6.07 Å². The van der Waals surface area contributed by atoms with Gasteiger partial charge in [-0.3, -0.25) is 4.79 Å². The highest BCUT2D eigenvalue weighted by Gasteiger charge is 2.23. The second-order valence-electron chi connectivity index (χ2n) is 4.81. The molecule has 0 aliphatic carbocycles. The van der Waals surface area contributed by atoms with Crippen molar-refractivity contribution in [2.45, 2.75) is 32.3 Å². The largest absolute Gasteiger partial charge is 0.462 e. The zero-order valence-corrected chi connectivity index (χ0v) is 12.7. The van der Waals surface area contributed by atoms with E-state index in [1.807, 2.05) is 0 Å². The molecule has 0 radical (unpaired) electrons. The Balaban J connectivity index is 2.02. The number of benzene rings is 1. The Kier molecular flexibility index (Phi) is 4.96. The van der Waals surface area contributed by atoms with Crippen LogP contribution in [0.4, 0.5) is 14.5 Å². The first kappa shape index (κ1) is 15.2. The van der Waals surface area contributed by atoms with E-state index in [1.165, 1.54) is 19.1 Å². The van der Waals surface area contributed by atoms with Crippen molar-refractivity contribution in [1.82, 2.24) is 0 Å². The van der Waals surface area contributed by atoms with Crippen LogP contribution >= 0.6 is 15.9 Å². The molecule has 1 heterocycles. The van der Waals surface area contributed by atoms with E-state index >= 15 is 0 Å². The second kappa shape index (κ2) is 6.52. The van der Waals surface area contributed by atoms with Crippen LogP contribution in [0.2, 0.25) is 0 Å². The molecule has 0 aromatic heterocycles. The first-order chi connectivity index (χ1) is 9.47. The summed E-state index contributed by atoms with van der Waals surface area (Å²) >= 11 is 3.35.